The SMILES string of the molecule is O=C(Nc1c(F)cccc1F)N1CCn2nc(C3CC3)cc2C1. The van der Waals surface area contributed by atoms with Crippen LogP contribution in [0.3, 0.4) is 0 Å². The molecule has 120 valence electrons. The number of rotatable bonds is 2. The van der Waals surface area contributed by atoms with Gasteiger partial charge in [0.25, 0.3) is 0 Å². The lowest BCUT2D eigenvalue weighted by Crippen LogP contribution is -2.41. The van der Waals surface area contributed by atoms with Gasteiger partial charge in [-0.15, -0.1) is 0 Å². The molecule has 2 aromatic rings. The number of para-hydroxylation sites is 1. The molecule has 2 heterocycles. The van der Waals surface area contributed by atoms with Gasteiger partial charge < -0.3 is 10.2 Å². The van der Waals surface area contributed by atoms with Gasteiger partial charge in [-0.25, -0.2) is 13.6 Å². The highest BCUT2D eigenvalue weighted by molar-refractivity contribution is 5.89. The van der Waals surface area contributed by atoms with Crippen molar-refractivity contribution in [2.45, 2.75) is 31.8 Å². The summed E-state index contributed by atoms with van der Waals surface area (Å²) >= 11 is 0. The molecule has 0 unspecified atom stereocenters. The molecule has 0 saturated heterocycles. The molecule has 1 aromatic heterocycles. The first-order valence-corrected chi connectivity index (χ1v) is 7.68. The van der Waals surface area contributed by atoms with E-state index in [1.165, 1.54) is 18.9 Å². The van der Waals surface area contributed by atoms with Crippen molar-refractivity contribution >= 4 is 11.7 Å². The van der Waals surface area contributed by atoms with Crippen LogP contribution in [0.4, 0.5) is 19.3 Å². The third-order valence-corrected chi connectivity index (χ3v) is 4.29. The summed E-state index contributed by atoms with van der Waals surface area (Å²) in [5.74, 6) is -1.00. The van der Waals surface area contributed by atoms with Crippen molar-refractivity contribution in [2.24, 2.45) is 0 Å². The van der Waals surface area contributed by atoms with Gasteiger partial charge in [-0.05, 0) is 31.0 Å². The smallest absolute Gasteiger partial charge is 0.317 e. The fourth-order valence-corrected chi connectivity index (χ4v) is 2.84. The van der Waals surface area contributed by atoms with Gasteiger partial charge in [0.2, 0.25) is 0 Å². The van der Waals surface area contributed by atoms with Crippen LogP contribution in [0.15, 0.2) is 24.3 Å². The van der Waals surface area contributed by atoms with Crippen LogP contribution in [0.5, 0.6) is 0 Å². The lowest BCUT2D eigenvalue weighted by atomic mass is 10.2. The number of benzene rings is 1. The zero-order valence-corrected chi connectivity index (χ0v) is 12.4. The van der Waals surface area contributed by atoms with Gasteiger partial charge in [-0.3, -0.25) is 4.68 Å². The lowest BCUT2D eigenvalue weighted by Gasteiger charge is -2.27. The molecular formula is C16H16F2N4O. The van der Waals surface area contributed by atoms with E-state index in [1.54, 1.807) is 4.90 Å². The lowest BCUT2D eigenvalue weighted by molar-refractivity contribution is 0.194. The molecule has 4 rings (SSSR count). The van der Waals surface area contributed by atoms with Crippen LogP contribution in [0.1, 0.15) is 30.1 Å². The van der Waals surface area contributed by atoms with Gasteiger partial charge >= 0.3 is 6.03 Å². The van der Waals surface area contributed by atoms with Gasteiger partial charge in [0.05, 0.1) is 24.5 Å². The molecular weight excluding hydrogens is 302 g/mol. The Bertz CT molecular complexity index is 749. The molecule has 1 aliphatic heterocycles. The average molecular weight is 318 g/mol. The normalized spacial score (nSPS) is 17.0. The predicted molar refractivity (Wildman–Crippen MR) is 80.0 cm³/mol. The monoisotopic (exact) mass is 318 g/mol. The number of hydrogen-bond donors (Lipinski definition) is 1. The second kappa shape index (κ2) is 5.33. The minimum absolute atomic E-state index is 0.391. The Balaban J connectivity index is 1.49. The third-order valence-electron chi connectivity index (χ3n) is 4.29. The number of amides is 2. The summed E-state index contributed by atoms with van der Waals surface area (Å²) < 4.78 is 29.2. The van der Waals surface area contributed by atoms with E-state index in [9.17, 15) is 13.6 Å². The number of anilines is 1. The molecule has 0 bridgehead atoms. The maximum Gasteiger partial charge on any atom is 0.322 e. The molecule has 1 saturated carbocycles. The Hall–Kier alpha value is -2.44. The summed E-state index contributed by atoms with van der Waals surface area (Å²) in [7, 11) is 0. The van der Waals surface area contributed by atoms with Crippen LogP contribution in [0.2, 0.25) is 0 Å². The van der Waals surface area contributed by atoms with E-state index in [4.69, 9.17) is 0 Å². The molecule has 2 aliphatic rings. The molecule has 2 amide bonds. The number of urea groups is 1. The van der Waals surface area contributed by atoms with Crippen molar-refractivity contribution in [3.63, 3.8) is 0 Å². The van der Waals surface area contributed by atoms with Crippen LogP contribution < -0.4 is 5.32 Å². The molecule has 7 heteroatoms. The van der Waals surface area contributed by atoms with E-state index in [-0.39, 0.29) is 0 Å². The van der Waals surface area contributed by atoms with Crippen molar-refractivity contribution in [3.8, 4) is 0 Å². The number of fused-ring (bicyclic) bond motifs is 1. The Morgan fingerprint density at radius 3 is 2.65 bits per heavy atom. The van der Waals surface area contributed by atoms with E-state index in [0.717, 1.165) is 23.5 Å². The van der Waals surface area contributed by atoms with Crippen molar-refractivity contribution in [1.82, 2.24) is 14.7 Å². The van der Waals surface area contributed by atoms with Crippen molar-refractivity contribution in [3.05, 3.63) is 47.3 Å². The zero-order chi connectivity index (χ0) is 16.0. The second-order valence-electron chi connectivity index (χ2n) is 6.01. The summed E-state index contributed by atoms with van der Waals surface area (Å²) in [5.41, 5.74) is 1.64. The molecule has 1 fully saturated rings. The molecule has 1 N–H and O–H groups in total. The summed E-state index contributed by atoms with van der Waals surface area (Å²) in [5, 5.41) is 6.89. The van der Waals surface area contributed by atoms with Crippen LogP contribution in [-0.2, 0) is 13.1 Å². The molecule has 1 aromatic carbocycles. The molecule has 0 spiro atoms. The number of halogens is 2. The molecule has 0 radical (unpaired) electrons. The fraction of sp³-hybridized carbons (Fsp3) is 0.375. The standard InChI is InChI=1S/C16H16F2N4O/c17-12-2-1-3-13(18)15(12)19-16(23)21-6-7-22-11(9-21)8-14(20-22)10-4-5-10/h1-3,8,10H,4-7,9H2,(H,19,23). The predicted octanol–water partition coefficient (Wildman–Crippen LogP) is 3.09. The highest BCUT2D eigenvalue weighted by Crippen LogP contribution is 2.39. The molecule has 23 heavy (non-hydrogen) atoms. The summed E-state index contributed by atoms with van der Waals surface area (Å²) in [6.07, 6.45) is 2.35. The minimum Gasteiger partial charge on any atom is -0.317 e. The zero-order valence-electron chi connectivity index (χ0n) is 12.4. The van der Waals surface area contributed by atoms with E-state index in [1.807, 2.05) is 10.7 Å². The fourth-order valence-electron chi connectivity index (χ4n) is 2.84. The first kappa shape index (κ1) is 14.2. The molecule has 0 atom stereocenters. The number of carbonyl (C=O) groups excluding carboxylic acids is 1. The second-order valence-corrected chi connectivity index (χ2v) is 6.01. The first-order valence-electron chi connectivity index (χ1n) is 7.68. The van der Waals surface area contributed by atoms with Gasteiger partial charge in [-0.2, -0.15) is 5.10 Å². The van der Waals surface area contributed by atoms with Crippen molar-refractivity contribution < 1.29 is 13.6 Å². The highest BCUT2D eigenvalue weighted by Gasteiger charge is 2.29. The topological polar surface area (TPSA) is 50.2 Å². The summed E-state index contributed by atoms with van der Waals surface area (Å²) in [4.78, 5) is 13.8. The van der Waals surface area contributed by atoms with E-state index >= 15 is 0 Å². The Morgan fingerprint density at radius 2 is 1.96 bits per heavy atom. The number of carbonyl (C=O) groups is 1. The number of aromatic nitrogens is 2. The highest BCUT2D eigenvalue weighted by atomic mass is 19.1. The maximum atomic E-state index is 13.6. The van der Waals surface area contributed by atoms with Crippen molar-refractivity contribution in [2.75, 3.05) is 11.9 Å². The van der Waals surface area contributed by atoms with E-state index in [0.29, 0.717) is 25.6 Å². The average Bonchev–Trinajstić information content (AvgIpc) is 3.30. The van der Waals surface area contributed by atoms with E-state index < -0.39 is 23.4 Å². The van der Waals surface area contributed by atoms with E-state index in [2.05, 4.69) is 10.4 Å². The molecule has 5 nitrogen and oxygen atoms in total. The van der Waals surface area contributed by atoms with Crippen LogP contribution >= 0.6 is 0 Å². The molecule has 1 aliphatic carbocycles. The number of hydrogen-bond acceptors (Lipinski definition) is 2. The Morgan fingerprint density at radius 1 is 1.22 bits per heavy atom. The van der Waals surface area contributed by atoms with Gasteiger partial charge in [0.1, 0.15) is 17.3 Å². The van der Waals surface area contributed by atoms with Crippen LogP contribution in [-0.4, -0.2) is 27.3 Å². The Kier molecular flexibility index (Phi) is 3.28. The summed E-state index contributed by atoms with van der Waals surface area (Å²) in [6.45, 7) is 1.44. The van der Waals surface area contributed by atoms with Crippen LogP contribution in [0, 0.1) is 11.6 Å². The largest absolute Gasteiger partial charge is 0.322 e. The van der Waals surface area contributed by atoms with Crippen molar-refractivity contribution in [1.29, 1.82) is 0 Å². The van der Waals surface area contributed by atoms with Crippen LogP contribution in [0.25, 0.3) is 0 Å². The first-order chi connectivity index (χ1) is 11.1. The summed E-state index contributed by atoms with van der Waals surface area (Å²) in [6, 6.07) is 5.02. The number of nitrogens with zero attached hydrogens (tertiary/aromatic N) is 3. The maximum absolute atomic E-state index is 13.6. The van der Waals surface area contributed by atoms with Gasteiger partial charge in [0, 0.05) is 12.5 Å². The third kappa shape index (κ3) is 2.67. The van der Waals surface area contributed by atoms with Gasteiger partial charge in [0.15, 0.2) is 0 Å². The van der Waals surface area contributed by atoms with Gasteiger partial charge in [-0.1, -0.05) is 6.07 Å². The Labute approximate surface area is 131 Å². The number of nitrogens with one attached hydrogen (secondary N) is 1. The quantitative estimate of drug-likeness (QED) is 0.925. The minimum atomic E-state index is -0.781.